The smallest absolute Gasteiger partial charge is 0.294 e. The van der Waals surface area contributed by atoms with E-state index in [1.807, 2.05) is 0 Å². The number of amides is 3. The molecule has 34 heavy (non-hydrogen) atoms. The lowest BCUT2D eigenvalue weighted by molar-refractivity contribution is -0.127. The van der Waals surface area contributed by atoms with Crippen LogP contribution in [0.4, 0.5) is 10.5 Å². The van der Waals surface area contributed by atoms with Gasteiger partial charge in [-0.25, -0.2) is 0 Å². The fourth-order valence-electron chi connectivity index (χ4n) is 3.30. The molecule has 2 aromatic carbocycles. The molecule has 3 amide bonds. The monoisotopic (exact) mass is 476 g/mol. The van der Waals surface area contributed by atoms with Crippen molar-refractivity contribution in [3.8, 4) is 17.1 Å². The molecule has 4 rings (SSSR count). The Morgan fingerprint density at radius 1 is 1.06 bits per heavy atom. The molecule has 172 valence electrons. The summed E-state index contributed by atoms with van der Waals surface area (Å²) in [5.41, 5.74) is 1.81. The van der Waals surface area contributed by atoms with Crippen LogP contribution >= 0.6 is 11.8 Å². The number of ketones is 1. The maximum atomic E-state index is 12.7. The van der Waals surface area contributed by atoms with E-state index in [1.165, 1.54) is 20.1 Å². The number of carbonyl (C=O) groups is 4. The van der Waals surface area contributed by atoms with Crippen LogP contribution in [0.3, 0.4) is 0 Å². The van der Waals surface area contributed by atoms with Gasteiger partial charge in [0.25, 0.3) is 11.1 Å². The van der Waals surface area contributed by atoms with Gasteiger partial charge in [-0.2, -0.15) is 0 Å². The molecule has 8 nitrogen and oxygen atoms in total. The highest BCUT2D eigenvalue weighted by molar-refractivity contribution is 8.18. The van der Waals surface area contributed by atoms with Gasteiger partial charge in [-0.15, -0.1) is 0 Å². The first-order valence-electron chi connectivity index (χ1n) is 10.2. The molecule has 3 aromatic rings. The van der Waals surface area contributed by atoms with Crippen molar-refractivity contribution in [2.24, 2.45) is 0 Å². The number of carbonyl (C=O) groups excluding carboxylic acids is 4. The molecule has 0 spiro atoms. The molecule has 0 aliphatic carbocycles. The summed E-state index contributed by atoms with van der Waals surface area (Å²) < 4.78 is 11.0. The average molecular weight is 477 g/mol. The second-order valence-electron chi connectivity index (χ2n) is 7.35. The van der Waals surface area contributed by atoms with Crippen molar-refractivity contribution in [1.29, 1.82) is 0 Å². The van der Waals surface area contributed by atoms with Gasteiger partial charge in [0.1, 0.15) is 23.8 Å². The van der Waals surface area contributed by atoms with Crippen LogP contribution in [0.5, 0.6) is 5.75 Å². The molecular formula is C25H20N2O6S. The molecular weight excluding hydrogens is 456 g/mol. The molecule has 0 unspecified atom stereocenters. The van der Waals surface area contributed by atoms with E-state index in [2.05, 4.69) is 5.32 Å². The lowest BCUT2D eigenvalue weighted by Crippen LogP contribution is -2.36. The highest BCUT2D eigenvalue weighted by Gasteiger charge is 2.36. The Hall–Kier alpha value is -4.11. The number of imide groups is 1. The van der Waals surface area contributed by atoms with E-state index in [0.29, 0.717) is 28.5 Å². The zero-order valence-electron chi connectivity index (χ0n) is 18.4. The Morgan fingerprint density at radius 2 is 1.79 bits per heavy atom. The lowest BCUT2D eigenvalue weighted by Gasteiger charge is -2.14. The molecule has 0 radical (unpaired) electrons. The first kappa shape index (κ1) is 23.1. The summed E-state index contributed by atoms with van der Waals surface area (Å²) in [4.78, 5) is 50.0. The molecule has 1 fully saturated rings. The largest absolute Gasteiger partial charge is 0.495 e. The van der Waals surface area contributed by atoms with E-state index in [9.17, 15) is 19.2 Å². The molecule has 1 N–H and O–H groups in total. The number of nitrogens with one attached hydrogen (secondary N) is 1. The molecule has 9 heteroatoms. The fraction of sp³-hybridized carbons (Fsp3) is 0.120. The number of hydrogen-bond donors (Lipinski definition) is 1. The van der Waals surface area contributed by atoms with E-state index in [0.717, 1.165) is 22.2 Å². The number of nitrogens with zero attached hydrogens (tertiary/aromatic N) is 1. The Morgan fingerprint density at radius 3 is 2.50 bits per heavy atom. The highest BCUT2D eigenvalue weighted by Crippen LogP contribution is 2.33. The van der Waals surface area contributed by atoms with Gasteiger partial charge in [0, 0.05) is 17.2 Å². The van der Waals surface area contributed by atoms with Crippen molar-refractivity contribution in [3.63, 3.8) is 0 Å². The summed E-state index contributed by atoms with van der Waals surface area (Å²) in [5.74, 6) is 0.274. The minimum Gasteiger partial charge on any atom is -0.495 e. The van der Waals surface area contributed by atoms with Crippen LogP contribution in [0, 0.1) is 0 Å². The van der Waals surface area contributed by atoms with Gasteiger partial charge >= 0.3 is 0 Å². The summed E-state index contributed by atoms with van der Waals surface area (Å²) in [7, 11) is 1.48. The van der Waals surface area contributed by atoms with Crippen molar-refractivity contribution in [2.75, 3.05) is 19.0 Å². The second-order valence-corrected chi connectivity index (χ2v) is 8.35. The average Bonchev–Trinajstić information content (AvgIpc) is 3.40. The van der Waals surface area contributed by atoms with Crippen molar-refractivity contribution in [3.05, 3.63) is 76.9 Å². The third-order valence-electron chi connectivity index (χ3n) is 5.03. The van der Waals surface area contributed by atoms with Gasteiger partial charge in [0.05, 0.1) is 17.7 Å². The quantitative estimate of drug-likeness (QED) is 0.384. The van der Waals surface area contributed by atoms with Gasteiger partial charge in [-0.3, -0.25) is 24.1 Å². The van der Waals surface area contributed by atoms with Crippen LogP contribution in [0.25, 0.3) is 17.4 Å². The van der Waals surface area contributed by atoms with E-state index in [-0.39, 0.29) is 10.7 Å². The van der Waals surface area contributed by atoms with Crippen molar-refractivity contribution in [1.82, 2.24) is 4.90 Å². The van der Waals surface area contributed by atoms with Crippen molar-refractivity contribution in [2.45, 2.75) is 6.92 Å². The van der Waals surface area contributed by atoms with E-state index in [1.54, 1.807) is 60.7 Å². The van der Waals surface area contributed by atoms with Gasteiger partial charge < -0.3 is 14.5 Å². The van der Waals surface area contributed by atoms with Gasteiger partial charge in [0.2, 0.25) is 5.91 Å². The number of rotatable bonds is 7. The lowest BCUT2D eigenvalue weighted by atomic mass is 10.1. The number of Topliss-reactive ketones (excluding diaryl/α,β-unsaturated/α-hetero) is 1. The molecule has 1 saturated heterocycles. The summed E-state index contributed by atoms with van der Waals surface area (Å²) >= 11 is 0.739. The van der Waals surface area contributed by atoms with Crippen LogP contribution in [0.15, 0.2) is 70.0 Å². The van der Waals surface area contributed by atoms with Gasteiger partial charge in [0.15, 0.2) is 5.78 Å². The zero-order valence-corrected chi connectivity index (χ0v) is 19.2. The predicted molar refractivity (Wildman–Crippen MR) is 128 cm³/mol. The number of thioether (sulfide) groups is 1. The van der Waals surface area contributed by atoms with Crippen LogP contribution in [-0.4, -0.2) is 41.4 Å². The number of para-hydroxylation sites is 2. The Balaban J connectivity index is 1.44. The summed E-state index contributed by atoms with van der Waals surface area (Å²) in [6.07, 6.45) is 1.47. The number of hydrogen-bond acceptors (Lipinski definition) is 7. The second kappa shape index (κ2) is 9.80. The summed E-state index contributed by atoms with van der Waals surface area (Å²) in [6, 6.07) is 17.2. The van der Waals surface area contributed by atoms with Gasteiger partial charge in [-0.1, -0.05) is 36.4 Å². The van der Waals surface area contributed by atoms with Gasteiger partial charge in [-0.05, 0) is 43.0 Å². The Bertz CT molecular complexity index is 1310. The first-order chi connectivity index (χ1) is 16.4. The molecule has 0 saturated carbocycles. The Kier molecular flexibility index (Phi) is 6.65. The maximum absolute atomic E-state index is 12.7. The third-order valence-corrected chi connectivity index (χ3v) is 5.94. The van der Waals surface area contributed by atoms with Crippen LogP contribution < -0.4 is 10.1 Å². The first-order valence-corrected chi connectivity index (χ1v) is 11.1. The number of benzene rings is 2. The fourth-order valence-corrected chi connectivity index (χ4v) is 4.12. The van der Waals surface area contributed by atoms with Crippen molar-refractivity contribution >= 4 is 46.4 Å². The number of ether oxygens (including phenoxy) is 1. The molecule has 2 heterocycles. The van der Waals surface area contributed by atoms with Crippen LogP contribution in [0.1, 0.15) is 23.0 Å². The van der Waals surface area contributed by atoms with E-state index >= 15 is 0 Å². The zero-order chi connectivity index (χ0) is 24.2. The number of methoxy groups -OCH3 is 1. The Labute approximate surface area is 199 Å². The minimum atomic E-state index is -0.575. The third kappa shape index (κ3) is 4.94. The normalized spacial score (nSPS) is 14.5. The number of anilines is 1. The maximum Gasteiger partial charge on any atom is 0.294 e. The molecule has 1 aromatic heterocycles. The van der Waals surface area contributed by atoms with Crippen LogP contribution in [0.2, 0.25) is 0 Å². The molecule has 1 aliphatic rings. The summed E-state index contributed by atoms with van der Waals surface area (Å²) in [5, 5.41) is 2.10. The molecule has 0 bridgehead atoms. The summed E-state index contributed by atoms with van der Waals surface area (Å²) in [6.45, 7) is 1.07. The van der Waals surface area contributed by atoms with E-state index in [4.69, 9.17) is 9.15 Å². The van der Waals surface area contributed by atoms with Crippen LogP contribution in [-0.2, 0) is 9.59 Å². The molecule has 1 aliphatic heterocycles. The topological polar surface area (TPSA) is 106 Å². The SMILES string of the molecule is COc1ccccc1NC(=O)CN1C(=O)S/C(=C/c2ccc(-c3ccc(C(C)=O)cc3)o2)C1=O. The van der Waals surface area contributed by atoms with Crippen molar-refractivity contribution < 1.29 is 28.3 Å². The number of furan rings is 1. The molecule has 0 atom stereocenters. The minimum absolute atomic E-state index is 0.0287. The predicted octanol–water partition coefficient (Wildman–Crippen LogP) is 4.83. The highest BCUT2D eigenvalue weighted by atomic mass is 32.2. The standard InChI is InChI=1S/C25H20N2O6S/c1-15(28)16-7-9-17(10-8-16)20-12-11-18(33-20)13-22-24(30)27(25(31)34-22)14-23(29)26-19-5-3-4-6-21(19)32-2/h3-13H,14H2,1-2H3,(H,26,29)/b22-13+. The van der Waals surface area contributed by atoms with E-state index < -0.39 is 23.6 Å².